The predicted molar refractivity (Wildman–Crippen MR) is 87.5 cm³/mol. The van der Waals surface area contributed by atoms with Crippen molar-refractivity contribution in [2.75, 3.05) is 40.5 Å². The van der Waals surface area contributed by atoms with Crippen LogP contribution in [-0.4, -0.2) is 46.5 Å². The molecule has 114 valence electrons. The summed E-state index contributed by atoms with van der Waals surface area (Å²) in [6, 6.07) is 4.15. The fourth-order valence-corrected chi connectivity index (χ4v) is 2.89. The van der Waals surface area contributed by atoms with Crippen molar-refractivity contribution in [3.05, 3.63) is 20.8 Å². The molecule has 20 heavy (non-hydrogen) atoms. The van der Waals surface area contributed by atoms with Gasteiger partial charge in [0.05, 0.1) is 23.5 Å². The van der Waals surface area contributed by atoms with Crippen molar-refractivity contribution in [2.45, 2.75) is 13.0 Å². The number of nitrogens with zero attached hydrogens (tertiary/aromatic N) is 1. The van der Waals surface area contributed by atoms with E-state index in [1.54, 1.807) is 25.5 Å². The van der Waals surface area contributed by atoms with Gasteiger partial charge in [-0.1, -0.05) is 0 Å². The molecule has 0 fully saturated rings. The molecule has 5 nitrogen and oxygen atoms in total. The SMILES string of the molecule is CN=C(NCCCOCCOC)NCc1ccc(Br)s1. The molecule has 1 rings (SSSR count). The molecule has 0 unspecified atom stereocenters. The third kappa shape index (κ3) is 7.84. The van der Waals surface area contributed by atoms with Crippen LogP contribution in [0.2, 0.25) is 0 Å². The highest BCUT2D eigenvalue weighted by molar-refractivity contribution is 9.11. The van der Waals surface area contributed by atoms with Gasteiger partial charge in [0.15, 0.2) is 5.96 Å². The summed E-state index contributed by atoms with van der Waals surface area (Å²) in [5, 5.41) is 6.54. The molecular weight excluding hydrogens is 342 g/mol. The summed E-state index contributed by atoms with van der Waals surface area (Å²) >= 11 is 5.17. The highest BCUT2D eigenvalue weighted by Crippen LogP contribution is 2.21. The number of rotatable bonds is 9. The van der Waals surface area contributed by atoms with E-state index in [2.05, 4.69) is 43.7 Å². The summed E-state index contributed by atoms with van der Waals surface area (Å²) in [6.07, 6.45) is 0.939. The lowest BCUT2D eigenvalue weighted by Gasteiger charge is -2.11. The maximum Gasteiger partial charge on any atom is 0.191 e. The summed E-state index contributed by atoms with van der Waals surface area (Å²) in [5.74, 6) is 0.811. The molecule has 0 aromatic carbocycles. The number of hydrogen-bond donors (Lipinski definition) is 2. The average molecular weight is 364 g/mol. The zero-order valence-corrected chi connectivity index (χ0v) is 14.3. The van der Waals surface area contributed by atoms with Crippen LogP contribution in [0.4, 0.5) is 0 Å². The van der Waals surface area contributed by atoms with E-state index in [-0.39, 0.29) is 0 Å². The van der Waals surface area contributed by atoms with E-state index in [1.807, 2.05) is 0 Å². The Morgan fingerprint density at radius 2 is 2.15 bits per heavy atom. The van der Waals surface area contributed by atoms with Crippen LogP contribution >= 0.6 is 27.3 Å². The van der Waals surface area contributed by atoms with Crippen molar-refractivity contribution >= 4 is 33.2 Å². The van der Waals surface area contributed by atoms with E-state index in [0.29, 0.717) is 13.2 Å². The Hall–Kier alpha value is -0.630. The second kappa shape index (κ2) is 11.1. The molecule has 0 aliphatic carbocycles. The summed E-state index contributed by atoms with van der Waals surface area (Å²) in [6.45, 7) is 3.63. The first-order chi connectivity index (χ1) is 9.76. The molecule has 0 radical (unpaired) electrons. The van der Waals surface area contributed by atoms with Crippen LogP contribution in [0.25, 0.3) is 0 Å². The molecule has 0 spiro atoms. The van der Waals surface area contributed by atoms with Crippen LogP contribution < -0.4 is 10.6 Å². The Labute approximate surface area is 132 Å². The number of ether oxygens (including phenoxy) is 2. The maximum atomic E-state index is 5.39. The Morgan fingerprint density at radius 3 is 2.80 bits per heavy atom. The molecule has 2 N–H and O–H groups in total. The van der Waals surface area contributed by atoms with E-state index in [9.17, 15) is 0 Å². The van der Waals surface area contributed by atoms with Gasteiger partial charge in [-0.2, -0.15) is 0 Å². The van der Waals surface area contributed by atoms with Gasteiger partial charge in [-0.05, 0) is 34.5 Å². The van der Waals surface area contributed by atoms with Gasteiger partial charge in [0, 0.05) is 32.2 Å². The molecule has 0 saturated carbocycles. The molecule has 1 aromatic rings. The van der Waals surface area contributed by atoms with Crippen LogP contribution in [0.3, 0.4) is 0 Å². The van der Waals surface area contributed by atoms with Crippen molar-refractivity contribution < 1.29 is 9.47 Å². The van der Waals surface area contributed by atoms with E-state index < -0.39 is 0 Å². The minimum atomic E-state index is 0.646. The molecular formula is C13H22BrN3O2S. The number of thiophene rings is 1. The van der Waals surface area contributed by atoms with Crippen molar-refractivity contribution in [2.24, 2.45) is 4.99 Å². The quantitative estimate of drug-likeness (QED) is 0.401. The maximum absolute atomic E-state index is 5.39. The van der Waals surface area contributed by atoms with Gasteiger partial charge in [-0.15, -0.1) is 11.3 Å². The van der Waals surface area contributed by atoms with Gasteiger partial charge >= 0.3 is 0 Å². The van der Waals surface area contributed by atoms with E-state index >= 15 is 0 Å². The van der Waals surface area contributed by atoms with Crippen molar-refractivity contribution in [1.29, 1.82) is 0 Å². The first-order valence-electron chi connectivity index (χ1n) is 6.51. The first kappa shape index (κ1) is 17.4. The summed E-state index contributed by atoms with van der Waals surface area (Å²) in [5.41, 5.74) is 0. The van der Waals surface area contributed by atoms with E-state index in [1.165, 1.54) is 4.88 Å². The van der Waals surface area contributed by atoms with Gasteiger partial charge in [-0.25, -0.2) is 0 Å². The van der Waals surface area contributed by atoms with Gasteiger partial charge in [0.2, 0.25) is 0 Å². The Bertz CT molecular complexity index is 399. The molecule has 0 saturated heterocycles. The third-order valence-electron chi connectivity index (χ3n) is 2.47. The molecule has 0 bridgehead atoms. The second-order valence-electron chi connectivity index (χ2n) is 4.02. The highest BCUT2D eigenvalue weighted by Gasteiger charge is 2.00. The summed E-state index contributed by atoms with van der Waals surface area (Å²) < 4.78 is 11.4. The van der Waals surface area contributed by atoms with Gasteiger partial charge in [0.1, 0.15) is 0 Å². The van der Waals surface area contributed by atoms with Crippen molar-refractivity contribution in [3.8, 4) is 0 Å². The standard InChI is InChI=1S/C13H22BrN3O2S/c1-15-13(16-6-3-7-19-9-8-18-2)17-10-11-4-5-12(14)20-11/h4-5H,3,6-10H2,1-2H3,(H2,15,16,17). The van der Waals surface area contributed by atoms with Crippen LogP contribution in [0, 0.1) is 0 Å². The number of nitrogens with one attached hydrogen (secondary N) is 2. The Balaban J connectivity index is 2.08. The molecule has 0 amide bonds. The summed E-state index contributed by atoms with van der Waals surface area (Å²) in [4.78, 5) is 5.45. The van der Waals surface area contributed by atoms with Crippen molar-refractivity contribution in [1.82, 2.24) is 10.6 Å². The lowest BCUT2D eigenvalue weighted by Crippen LogP contribution is -2.37. The topological polar surface area (TPSA) is 54.9 Å². The van der Waals surface area contributed by atoms with E-state index in [0.717, 1.165) is 35.9 Å². The smallest absolute Gasteiger partial charge is 0.191 e. The van der Waals surface area contributed by atoms with Crippen LogP contribution in [0.15, 0.2) is 20.9 Å². The van der Waals surface area contributed by atoms with Crippen LogP contribution in [0.1, 0.15) is 11.3 Å². The molecule has 0 aliphatic heterocycles. The fourth-order valence-electron chi connectivity index (χ4n) is 1.46. The molecule has 0 aliphatic rings. The third-order valence-corrected chi connectivity index (χ3v) is 4.10. The molecule has 0 atom stereocenters. The Kier molecular flexibility index (Phi) is 9.65. The zero-order valence-electron chi connectivity index (χ0n) is 11.9. The average Bonchev–Trinajstić information content (AvgIpc) is 2.87. The van der Waals surface area contributed by atoms with Gasteiger partial charge in [-0.3, -0.25) is 4.99 Å². The van der Waals surface area contributed by atoms with Gasteiger partial charge < -0.3 is 20.1 Å². The monoisotopic (exact) mass is 363 g/mol. The van der Waals surface area contributed by atoms with Gasteiger partial charge in [0.25, 0.3) is 0 Å². The minimum Gasteiger partial charge on any atom is -0.382 e. The molecule has 1 aromatic heterocycles. The minimum absolute atomic E-state index is 0.646. The highest BCUT2D eigenvalue weighted by atomic mass is 79.9. The lowest BCUT2D eigenvalue weighted by molar-refractivity contribution is 0.0698. The van der Waals surface area contributed by atoms with Crippen LogP contribution in [0.5, 0.6) is 0 Å². The fraction of sp³-hybridized carbons (Fsp3) is 0.615. The van der Waals surface area contributed by atoms with Crippen LogP contribution in [-0.2, 0) is 16.0 Å². The largest absolute Gasteiger partial charge is 0.382 e. The second-order valence-corrected chi connectivity index (χ2v) is 6.56. The number of methoxy groups -OCH3 is 1. The number of aliphatic imine (C=N–C) groups is 1. The summed E-state index contributed by atoms with van der Waals surface area (Å²) in [7, 11) is 3.45. The van der Waals surface area contributed by atoms with Crippen molar-refractivity contribution in [3.63, 3.8) is 0 Å². The normalized spacial score (nSPS) is 11.7. The number of guanidine groups is 1. The first-order valence-corrected chi connectivity index (χ1v) is 8.12. The zero-order chi connectivity index (χ0) is 14.6. The Morgan fingerprint density at radius 1 is 1.30 bits per heavy atom. The molecule has 7 heteroatoms. The molecule has 1 heterocycles. The number of hydrogen-bond acceptors (Lipinski definition) is 4. The number of halogens is 1. The van der Waals surface area contributed by atoms with E-state index in [4.69, 9.17) is 9.47 Å². The lowest BCUT2D eigenvalue weighted by atomic mass is 10.4. The predicted octanol–water partition coefficient (Wildman–Crippen LogP) is 2.23.